The number of nitrogens with zero attached hydrogens (tertiary/aromatic N) is 1. The monoisotopic (exact) mass is 273 g/mol. The average Bonchev–Trinajstić information content (AvgIpc) is 2.60. The Kier molecular flexibility index (Phi) is 4.24. The Balaban J connectivity index is 3.02. The van der Waals surface area contributed by atoms with Gasteiger partial charge in [0, 0.05) is 0 Å². The lowest BCUT2D eigenvalue weighted by atomic mass is 10.1. The Morgan fingerprint density at radius 2 is 2.36 bits per heavy atom. The lowest BCUT2D eigenvalue weighted by Gasteiger charge is -1.98. The molecule has 0 amide bonds. The lowest BCUT2D eigenvalue weighted by molar-refractivity contribution is 0.530. The van der Waals surface area contributed by atoms with Crippen LogP contribution in [0.25, 0.3) is 5.03 Å². The van der Waals surface area contributed by atoms with Gasteiger partial charge in [-0.2, -0.15) is 5.26 Å². The molecule has 0 saturated heterocycles. The van der Waals surface area contributed by atoms with Crippen molar-refractivity contribution in [3.8, 4) is 6.07 Å². The van der Waals surface area contributed by atoms with Gasteiger partial charge in [0.25, 0.3) is 0 Å². The molecule has 2 nitrogen and oxygen atoms in total. The fraction of sp³-hybridized carbons (Fsp3) is 0.300. The third kappa shape index (κ3) is 2.63. The Bertz CT molecular complexity index is 389. The highest BCUT2D eigenvalue weighted by Crippen LogP contribution is 2.28. The maximum atomic E-state index is 8.85. The SMILES string of the molecule is CCCC(C#N)=C(Cl)c1ccc(Br)o1. The molecule has 4 heteroatoms. The Hall–Kier alpha value is -0.720. The van der Waals surface area contributed by atoms with Gasteiger partial charge >= 0.3 is 0 Å². The summed E-state index contributed by atoms with van der Waals surface area (Å²) in [5, 5.41) is 9.25. The van der Waals surface area contributed by atoms with Crippen molar-refractivity contribution in [2.45, 2.75) is 19.8 Å². The fourth-order valence-electron chi connectivity index (χ4n) is 1.05. The second-order valence-corrected chi connectivity index (χ2v) is 3.92. The minimum Gasteiger partial charge on any atom is -0.448 e. The van der Waals surface area contributed by atoms with Gasteiger partial charge in [-0.25, -0.2) is 0 Å². The normalized spacial score (nSPS) is 12.1. The number of hydrogen-bond acceptors (Lipinski definition) is 2. The van der Waals surface area contributed by atoms with E-state index in [4.69, 9.17) is 21.3 Å². The molecule has 74 valence electrons. The van der Waals surface area contributed by atoms with Gasteiger partial charge in [-0.3, -0.25) is 0 Å². The molecule has 0 radical (unpaired) electrons. The van der Waals surface area contributed by atoms with Crippen molar-refractivity contribution in [2.24, 2.45) is 0 Å². The van der Waals surface area contributed by atoms with Crippen LogP contribution in [-0.2, 0) is 0 Å². The summed E-state index contributed by atoms with van der Waals surface area (Å²) in [5.74, 6) is 0.531. The molecule has 0 saturated carbocycles. The molecule has 0 aliphatic heterocycles. The Labute approximate surface area is 96.3 Å². The third-order valence-electron chi connectivity index (χ3n) is 1.69. The van der Waals surface area contributed by atoms with Crippen molar-refractivity contribution in [1.29, 1.82) is 5.26 Å². The van der Waals surface area contributed by atoms with E-state index in [1.54, 1.807) is 12.1 Å². The zero-order valence-corrected chi connectivity index (χ0v) is 10.0. The van der Waals surface area contributed by atoms with Gasteiger partial charge in [0.15, 0.2) is 4.67 Å². The maximum Gasteiger partial charge on any atom is 0.169 e. The molecule has 0 fully saturated rings. The van der Waals surface area contributed by atoms with Gasteiger partial charge in [0.2, 0.25) is 0 Å². The van der Waals surface area contributed by atoms with Gasteiger partial charge in [-0.1, -0.05) is 24.9 Å². The highest BCUT2D eigenvalue weighted by Gasteiger charge is 2.09. The summed E-state index contributed by atoms with van der Waals surface area (Å²) in [6, 6.07) is 5.57. The van der Waals surface area contributed by atoms with Crippen LogP contribution >= 0.6 is 27.5 Å². The summed E-state index contributed by atoms with van der Waals surface area (Å²) in [6.07, 6.45) is 1.56. The predicted octanol–water partition coefficient (Wildman–Crippen LogP) is 4.32. The molecule has 0 bridgehead atoms. The first-order valence-corrected chi connectivity index (χ1v) is 5.40. The number of rotatable bonds is 3. The maximum absolute atomic E-state index is 8.85. The van der Waals surface area contributed by atoms with E-state index in [1.165, 1.54) is 0 Å². The first-order chi connectivity index (χ1) is 6.69. The van der Waals surface area contributed by atoms with Crippen LogP contribution in [0, 0.1) is 11.3 Å². The van der Waals surface area contributed by atoms with E-state index >= 15 is 0 Å². The molecule has 1 heterocycles. The van der Waals surface area contributed by atoms with E-state index in [2.05, 4.69) is 22.0 Å². The molecule has 0 atom stereocenters. The summed E-state index contributed by atoms with van der Waals surface area (Å²) in [5.41, 5.74) is 0.566. The topological polar surface area (TPSA) is 36.9 Å². The van der Waals surface area contributed by atoms with E-state index in [0.717, 1.165) is 6.42 Å². The highest BCUT2D eigenvalue weighted by molar-refractivity contribution is 9.10. The summed E-state index contributed by atoms with van der Waals surface area (Å²) in [4.78, 5) is 0. The minimum absolute atomic E-state index is 0.403. The van der Waals surface area contributed by atoms with Crippen LogP contribution in [0.1, 0.15) is 25.5 Å². The molecule has 0 spiro atoms. The van der Waals surface area contributed by atoms with Crippen LogP contribution in [-0.4, -0.2) is 0 Å². The van der Waals surface area contributed by atoms with Crippen LogP contribution in [0.2, 0.25) is 0 Å². The first kappa shape index (κ1) is 11.4. The second kappa shape index (κ2) is 5.23. The third-order valence-corrected chi connectivity index (χ3v) is 2.53. The van der Waals surface area contributed by atoms with Crippen LogP contribution < -0.4 is 0 Å². The molecule has 1 aromatic rings. The molecular weight excluding hydrogens is 265 g/mol. The van der Waals surface area contributed by atoms with Crippen LogP contribution in [0.15, 0.2) is 26.8 Å². The zero-order valence-electron chi connectivity index (χ0n) is 7.68. The number of furan rings is 1. The fourth-order valence-corrected chi connectivity index (χ4v) is 1.59. The Morgan fingerprint density at radius 1 is 1.64 bits per heavy atom. The van der Waals surface area contributed by atoms with Crippen LogP contribution in [0.5, 0.6) is 0 Å². The number of nitriles is 1. The van der Waals surface area contributed by atoms with Crippen molar-refractivity contribution in [3.63, 3.8) is 0 Å². The van der Waals surface area contributed by atoms with Crippen molar-refractivity contribution in [1.82, 2.24) is 0 Å². The van der Waals surface area contributed by atoms with Crippen molar-refractivity contribution < 1.29 is 4.42 Å². The van der Waals surface area contributed by atoms with E-state index in [1.807, 2.05) is 6.92 Å². The predicted molar refractivity (Wildman–Crippen MR) is 59.7 cm³/mol. The van der Waals surface area contributed by atoms with E-state index < -0.39 is 0 Å². The molecule has 0 aromatic carbocycles. The van der Waals surface area contributed by atoms with Gasteiger partial charge in [0.1, 0.15) is 5.76 Å². The summed E-state index contributed by atoms with van der Waals surface area (Å²) in [7, 11) is 0. The molecule has 0 aliphatic carbocycles. The Morgan fingerprint density at radius 3 is 2.79 bits per heavy atom. The highest BCUT2D eigenvalue weighted by atomic mass is 79.9. The first-order valence-electron chi connectivity index (χ1n) is 4.23. The van der Waals surface area contributed by atoms with Gasteiger partial charge in [0.05, 0.1) is 16.7 Å². The molecule has 0 aliphatic rings. The zero-order chi connectivity index (χ0) is 10.6. The molecule has 0 N–H and O–H groups in total. The van der Waals surface area contributed by atoms with Crippen molar-refractivity contribution in [2.75, 3.05) is 0 Å². The van der Waals surface area contributed by atoms with Gasteiger partial charge < -0.3 is 4.42 Å². The standard InChI is InChI=1S/C10H9BrClNO/c1-2-3-7(6-13)10(12)8-4-5-9(11)14-8/h4-5H,2-3H2,1H3. The van der Waals surface area contributed by atoms with E-state index in [0.29, 0.717) is 27.5 Å². The van der Waals surface area contributed by atoms with Gasteiger partial charge in [-0.05, 0) is 34.5 Å². The van der Waals surface area contributed by atoms with Gasteiger partial charge in [-0.15, -0.1) is 0 Å². The summed E-state index contributed by atoms with van der Waals surface area (Å²) < 4.78 is 5.86. The van der Waals surface area contributed by atoms with E-state index in [-0.39, 0.29) is 0 Å². The summed E-state index contributed by atoms with van der Waals surface area (Å²) in [6.45, 7) is 2.00. The average molecular weight is 275 g/mol. The number of hydrogen-bond donors (Lipinski definition) is 0. The van der Waals surface area contributed by atoms with Crippen molar-refractivity contribution >= 4 is 32.6 Å². The molecule has 0 unspecified atom stereocenters. The smallest absolute Gasteiger partial charge is 0.169 e. The minimum atomic E-state index is 0.403. The largest absolute Gasteiger partial charge is 0.448 e. The molecule has 1 rings (SSSR count). The van der Waals surface area contributed by atoms with E-state index in [9.17, 15) is 0 Å². The quantitative estimate of drug-likeness (QED) is 0.770. The molecule has 1 aromatic heterocycles. The van der Waals surface area contributed by atoms with Crippen LogP contribution in [0.4, 0.5) is 0 Å². The number of halogens is 2. The van der Waals surface area contributed by atoms with Crippen molar-refractivity contribution in [3.05, 3.63) is 28.1 Å². The molecule has 14 heavy (non-hydrogen) atoms. The van der Waals surface area contributed by atoms with Crippen LogP contribution in [0.3, 0.4) is 0 Å². The second-order valence-electron chi connectivity index (χ2n) is 2.76. The summed E-state index contributed by atoms with van der Waals surface area (Å²) >= 11 is 9.19. The lowest BCUT2D eigenvalue weighted by Crippen LogP contribution is -1.82. The number of allylic oxidation sites excluding steroid dienone is 1. The molecular formula is C10H9BrClNO.